The summed E-state index contributed by atoms with van der Waals surface area (Å²) in [6.45, 7) is 4.89. The molecule has 1 aliphatic rings. The maximum absolute atomic E-state index is 12.5. The molecule has 1 fully saturated rings. The molecule has 0 aliphatic heterocycles. The fourth-order valence-electron chi connectivity index (χ4n) is 3.12. The minimum Gasteiger partial charge on any atom is -0.341 e. The Balaban J connectivity index is 2.00. The predicted octanol–water partition coefficient (Wildman–Crippen LogP) is 2.78. The van der Waals surface area contributed by atoms with Crippen molar-refractivity contribution in [1.29, 1.82) is 0 Å². The molecule has 3 heteroatoms. The molecule has 0 aromatic heterocycles. The van der Waals surface area contributed by atoms with Gasteiger partial charge in [-0.15, -0.1) is 0 Å². The van der Waals surface area contributed by atoms with Crippen molar-refractivity contribution in [3.63, 3.8) is 0 Å². The van der Waals surface area contributed by atoms with Crippen molar-refractivity contribution in [1.82, 2.24) is 4.90 Å². The molecule has 1 aromatic rings. The van der Waals surface area contributed by atoms with Crippen molar-refractivity contribution >= 4 is 5.91 Å². The van der Waals surface area contributed by atoms with Gasteiger partial charge in [0.2, 0.25) is 5.91 Å². The van der Waals surface area contributed by atoms with E-state index in [1.807, 2.05) is 11.9 Å². The highest BCUT2D eigenvalue weighted by Crippen LogP contribution is 2.25. The zero-order valence-corrected chi connectivity index (χ0v) is 12.9. The number of carbonyl (C=O) groups excluding carboxylic acids is 1. The fourth-order valence-corrected chi connectivity index (χ4v) is 3.12. The maximum atomic E-state index is 12.5. The lowest BCUT2D eigenvalue weighted by Gasteiger charge is -2.29. The van der Waals surface area contributed by atoms with Gasteiger partial charge >= 0.3 is 0 Å². The lowest BCUT2D eigenvalue weighted by molar-refractivity contribution is -0.135. The summed E-state index contributed by atoms with van der Waals surface area (Å²) in [5.41, 5.74) is 9.73. The number of rotatable bonds is 3. The molecule has 0 bridgehead atoms. The summed E-state index contributed by atoms with van der Waals surface area (Å²) in [6, 6.07) is 6.61. The van der Waals surface area contributed by atoms with Crippen molar-refractivity contribution in [2.75, 3.05) is 7.05 Å². The summed E-state index contributed by atoms with van der Waals surface area (Å²) >= 11 is 0. The molecule has 1 saturated carbocycles. The SMILES string of the molecule is Cc1ccc(CN(C)C(=O)[C@H]2CCC[C@@H](N)C2)c(C)c1. The zero-order chi connectivity index (χ0) is 14.7. The lowest BCUT2D eigenvalue weighted by Crippen LogP contribution is -2.38. The molecular weight excluding hydrogens is 248 g/mol. The monoisotopic (exact) mass is 274 g/mol. The van der Waals surface area contributed by atoms with E-state index in [1.54, 1.807) is 0 Å². The summed E-state index contributed by atoms with van der Waals surface area (Å²) in [7, 11) is 1.90. The second-order valence-corrected chi connectivity index (χ2v) is 6.25. The molecule has 110 valence electrons. The predicted molar refractivity (Wildman–Crippen MR) is 82.3 cm³/mol. The Morgan fingerprint density at radius 3 is 2.75 bits per heavy atom. The molecule has 2 rings (SSSR count). The molecule has 1 aliphatic carbocycles. The molecule has 20 heavy (non-hydrogen) atoms. The minimum atomic E-state index is 0.120. The first kappa shape index (κ1) is 15.0. The smallest absolute Gasteiger partial charge is 0.225 e. The molecule has 0 radical (unpaired) electrons. The van der Waals surface area contributed by atoms with Gasteiger partial charge in [-0.1, -0.05) is 30.2 Å². The van der Waals surface area contributed by atoms with E-state index in [0.717, 1.165) is 25.7 Å². The van der Waals surface area contributed by atoms with Gasteiger partial charge in [0.25, 0.3) is 0 Å². The first-order valence-electron chi connectivity index (χ1n) is 7.54. The van der Waals surface area contributed by atoms with Crippen LogP contribution in [0.15, 0.2) is 18.2 Å². The van der Waals surface area contributed by atoms with Gasteiger partial charge in [0, 0.05) is 25.6 Å². The maximum Gasteiger partial charge on any atom is 0.225 e. The van der Waals surface area contributed by atoms with Crippen LogP contribution in [0.2, 0.25) is 0 Å². The van der Waals surface area contributed by atoms with Crippen LogP contribution in [0.4, 0.5) is 0 Å². The zero-order valence-electron chi connectivity index (χ0n) is 12.9. The van der Waals surface area contributed by atoms with E-state index in [1.165, 1.54) is 16.7 Å². The third kappa shape index (κ3) is 3.60. The topological polar surface area (TPSA) is 46.3 Å². The van der Waals surface area contributed by atoms with E-state index in [2.05, 4.69) is 32.0 Å². The second-order valence-electron chi connectivity index (χ2n) is 6.25. The average Bonchev–Trinajstić information content (AvgIpc) is 2.41. The normalized spacial score (nSPS) is 22.6. The third-order valence-corrected chi connectivity index (χ3v) is 4.35. The highest BCUT2D eigenvalue weighted by atomic mass is 16.2. The first-order chi connectivity index (χ1) is 9.47. The number of hydrogen-bond acceptors (Lipinski definition) is 2. The second kappa shape index (κ2) is 6.40. The van der Waals surface area contributed by atoms with Gasteiger partial charge in [-0.2, -0.15) is 0 Å². The number of nitrogens with two attached hydrogens (primary N) is 1. The van der Waals surface area contributed by atoms with Crippen LogP contribution in [0, 0.1) is 19.8 Å². The summed E-state index contributed by atoms with van der Waals surface area (Å²) < 4.78 is 0. The van der Waals surface area contributed by atoms with Crippen molar-refractivity contribution in [2.24, 2.45) is 11.7 Å². The van der Waals surface area contributed by atoms with Crippen LogP contribution in [0.1, 0.15) is 42.4 Å². The number of nitrogens with zero attached hydrogens (tertiary/aromatic N) is 1. The van der Waals surface area contributed by atoms with Crippen LogP contribution in [0.3, 0.4) is 0 Å². The Hall–Kier alpha value is -1.35. The van der Waals surface area contributed by atoms with Crippen LogP contribution in [0.5, 0.6) is 0 Å². The van der Waals surface area contributed by atoms with Crippen LogP contribution in [0.25, 0.3) is 0 Å². The Morgan fingerprint density at radius 1 is 1.35 bits per heavy atom. The molecule has 2 atom stereocenters. The van der Waals surface area contributed by atoms with E-state index in [-0.39, 0.29) is 17.9 Å². The van der Waals surface area contributed by atoms with Gasteiger partial charge in [-0.3, -0.25) is 4.79 Å². The number of amides is 1. The van der Waals surface area contributed by atoms with E-state index in [9.17, 15) is 4.79 Å². The molecule has 0 spiro atoms. The molecule has 0 unspecified atom stereocenters. The third-order valence-electron chi connectivity index (χ3n) is 4.35. The number of carbonyl (C=O) groups is 1. The molecule has 0 heterocycles. The van der Waals surface area contributed by atoms with Gasteiger partial charge in [-0.25, -0.2) is 0 Å². The van der Waals surface area contributed by atoms with E-state index in [0.29, 0.717) is 6.54 Å². The number of aryl methyl sites for hydroxylation is 2. The molecule has 1 amide bonds. The molecule has 1 aromatic carbocycles. The summed E-state index contributed by atoms with van der Waals surface area (Å²) in [6.07, 6.45) is 3.97. The van der Waals surface area contributed by atoms with Crippen LogP contribution >= 0.6 is 0 Å². The van der Waals surface area contributed by atoms with Crippen molar-refractivity contribution < 1.29 is 4.79 Å². The van der Waals surface area contributed by atoms with Crippen molar-refractivity contribution in [3.05, 3.63) is 34.9 Å². The Bertz CT molecular complexity index is 484. The minimum absolute atomic E-state index is 0.120. The summed E-state index contributed by atoms with van der Waals surface area (Å²) in [4.78, 5) is 14.4. The standard InChI is InChI=1S/C17H26N2O/c1-12-7-8-15(13(2)9-12)11-19(3)17(20)14-5-4-6-16(18)10-14/h7-9,14,16H,4-6,10-11,18H2,1-3H3/t14-,16+/m0/s1. The Morgan fingerprint density at radius 2 is 2.10 bits per heavy atom. The van der Waals surface area contributed by atoms with Crippen LogP contribution < -0.4 is 5.73 Å². The molecule has 2 N–H and O–H groups in total. The fraction of sp³-hybridized carbons (Fsp3) is 0.588. The average molecular weight is 274 g/mol. The largest absolute Gasteiger partial charge is 0.341 e. The van der Waals surface area contributed by atoms with Gasteiger partial charge in [0.15, 0.2) is 0 Å². The Kier molecular flexibility index (Phi) is 4.81. The van der Waals surface area contributed by atoms with E-state index >= 15 is 0 Å². The highest BCUT2D eigenvalue weighted by Gasteiger charge is 2.27. The number of benzene rings is 1. The van der Waals surface area contributed by atoms with E-state index < -0.39 is 0 Å². The molecular formula is C17H26N2O. The molecule has 3 nitrogen and oxygen atoms in total. The highest BCUT2D eigenvalue weighted by molar-refractivity contribution is 5.78. The van der Waals surface area contributed by atoms with Crippen molar-refractivity contribution in [3.8, 4) is 0 Å². The van der Waals surface area contributed by atoms with Gasteiger partial charge in [0.05, 0.1) is 0 Å². The van der Waals surface area contributed by atoms with Gasteiger partial charge in [-0.05, 0) is 44.2 Å². The summed E-state index contributed by atoms with van der Waals surface area (Å²) in [5.74, 6) is 0.370. The Labute approximate surface area is 122 Å². The summed E-state index contributed by atoms with van der Waals surface area (Å²) in [5, 5.41) is 0. The van der Waals surface area contributed by atoms with Gasteiger partial charge < -0.3 is 10.6 Å². The quantitative estimate of drug-likeness (QED) is 0.921. The molecule has 0 saturated heterocycles. The lowest BCUT2D eigenvalue weighted by atomic mass is 9.85. The van der Waals surface area contributed by atoms with Crippen molar-refractivity contribution in [2.45, 2.75) is 52.1 Å². The van der Waals surface area contributed by atoms with Gasteiger partial charge in [0.1, 0.15) is 0 Å². The van der Waals surface area contributed by atoms with E-state index in [4.69, 9.17) is 5.73 Å². The number of hydrogen-bond donors (Lipinski definition) is 1. The van der Waals surface area contributed by atoms with Crippen LogP contribution in [-0.2, 0) is 11.3 Å². The van der Waals surface area contributed by atoms with Crippen LogP contribution in [-0.4, -0.2) is 23.9 Å². The first-order valence-corrected chi connectivity index (χ1v) is 7.54.